The molecule has 0 aromatic heterocycles. The van der Waals surface area contributed by atoms with Crippen molar-refractivity contribution in [3.8, 4) is 0 Å². The maximum Gasteiger partial charge on any atom is 0.251 e. The lowest BCUT2D eigenvalue weighted by molar-refractivity contribution is -0.128. The highest BCUT2D eigenvalue weighted by Crippen LogP contribution is 2.23. The average molecular weight is 227 g/mol. The maximum absolute atomic E-state index is 11.8. The van der Waals surface area contributed by atoms with E-state index >= 15 is 0 Å². The van der Waals surface area contributed by atoms with Crippen LogP contribution in [-0.2, 0) is 4.79 Å². The van der Waals surface area contributed by atoms with Crippen LogP contribution in [-0.4, -0.2) is 29.4 Å². The van der Waals surface area contributed by atoms with Gasteiger partial charge in [-0.25, -0.2) is 5.84 Å². The summed E-state index contributed by atoms with van der Waals surface area (Å²) in [5, 5.41) is 0. The van der Waals surface area contributed by atoms with E-state index in [9.17, 15) is 4.79 Å². The fraction of sp³-hybridized carbons (Fsp3) is 0.917. The van der Waals surface area contributed by atoms with Gasteiger partial charge in [0.2, 0.25) is 0 Å². The smallest absolute Gasteiger partial charge is 0.251 e. The predicted octanol–water partition coefficient (Wildman–Crippen LogP) is 1.41. The average Bonchev–Trinajstić information content (AvgIpc) is 2.35. The molecule has 2 unspecified atom stereocenters. The molecule has 1 fully saturated rings. The van der Waals surface area contributed by atoms with Crippen LogP contribution in [0.2, 0.25) is 0 Å². The fourth-order valence-corrected chi connectivity index (χ4v) is 2.69. The lowest BCUT2D eigenvalue weighted by Gasteiger charge is -2.40. The minimum atomic E-state index is -0.0275. The van der Waals surface area contributed by atoms with Crippen molar-refractivity contribution in [3.05, 3.63) is 0 Å². The van der Waals surface area contributed by atoms with Gasteiger partial charge in [-0.2, -0.15) is 0 Å². The Balaban J connectivity index is 2.69. The zero-order valence-corrected chi connectivity index (χ0v) is 10.5. The van der Waals surface area contributed by atoms with E-state index in [4.69, 9.17) is 5.84 Å². The first kappa shape index (κ1) is 13.5. The standard InChI is InChI=1S/C12H25N3O/c1-3-7-11(12(16)14-13)15-9-6-5-8-10(15)4-2/h10-11H,3-9,13H2,1-2H3,(H,14,16). The summed E-state index contributed by atoms with van der Waals surface area (Å²) in [7, 11) is 0. The van der Waals surface area contributed by atoms with Gasteiger partial charge in [-0.1, -0.05) is 26.7 Å². The number of likely N-dealkylation sites (tertiary alicyclic amines) is 1. The molecule has 0 aromatic rings. The van der Waals surface area contributed by atoms with E-state index in [0.29, 0.717) is 6.04 Å². The number of nitrogens with one attached hydrogen (secondary N) is 1. The first-order valence-electron chi connectivity index (χ1n) is 6.50. The summed E-state index contributed by atoms with van der Waals surface area (Å²) in [6, 6.07) is 0.530. The summed E-state index contributed by atoms with van der Waals surface area (Å²) in [4.78, 5) is 14.1. The van der Waals surface area contributed by atoms with E-state index in [2.05, 4.69) is 24.2 Å². The predicted molar refractivity (Wildman–Crippen MR) is 65.7 cm³/mol. The highest BCUT2D eigenvalue weighted by Gasteiger charge is 2.31. The van der Waals surface area contributed by atoms with Crippen LogP contribution in [0, 0.1) is 0 Å². The minimum absolute atomic E-state index is 0.0257. The molecule has 1 rings (SSSR count). The normalized spacial score (nSPS) is 24.1. The van der Waals surface area contributed by atoms with Gasteiger partial charge in [-0.3, -0.25) is 15.1 Å². The second-order valence-electron chi connectivity index (χ2n) is 4.61. The molecular formula is C12H25N3O. The van der Waals surface area contributed by atoms with Gasteiger partial charge >= 0.3 is 0 Å². The van der Waals surface area contributed by atoms with Gasteiger partial charge < -0.3 is 0 Å². The molecular weight excluding hydrogens is 202 g/mol. The van der Waals surface area contributed by atoms with E-state index in [1.165, 1.54) is 19.3 Å². The van der Waals surface area contributed by atoms with Gasteiger partial charge in [-0.15, -0.1) is 0 Å². The molecule has 16 heavy (non-hydrogen) atoms. The Labute approximate surface area is 98.5 Å². The Morgan fingerprint density at radius 3 is 2.81 bits per heavy atom. The van der Waals surface area contributed by atoms with Crippen LogP contribution >= 0.6 is 0 Å². The molecule has 0 radical (unpaired) electrons. The molecule has 0 aliphatic carbocycles. The van der Waals surface area contributed by atoms with E-state index in [0.717, 1.165) is 25.8 Å². The molecule has 1 heterocycles. The Morgan fingerprint density at radius 1 is 1.50 bits per heavy atom. The molecule has 1 aliphatic heterocycles. The maximum atomic E-state index is 11.8. The Hall–Kier alpha value is -0.610. The molecule has 94 valence electrons. The van der Waals surface area contributed by atoms with Crippen molar-refractivity contribution in [2.24, 2.45) is 5.84 Å². The van der Waals surface area contributed by atoms with Crippen molar-refractivity contribution >= 4 is 5.91 Å². The second-order valence-corrected chi connectivity index (χ2v) is 4.61. The Kier molecular flexibility index (Phi) is 5.77. The lowest BCUT2D eigenvalue weighted by Crippen LogP contribution is -2.54. The quantitative estimate of drug-likeness (QED) is 0.424. The molecule has 1 amide bonds. The van der Waals surface area contributed by atoms with Crippen molar-refractivity contribution in [1.29, 1.82) is 0 Å². The Bertz CT molecular complexity index is 220. The number of carbonyl (C=O) groups is 1. The number of piperidine rings is 1. The molecule has 3 N–H and O–H groups in total. The number of carbonyl (C=O) groups excluding carboxylic acids is 1. The highest BCUT2D eigenvalue weighted by molar-refractivity contribution is 5.81. The van der Waals surface area contributed by atoms with E-state index in [1.807, 2.05) is 0 Å². The number of hydrazine groups is 1. The molecule has 1 aliphatic rings. The molecule has 0 saturated carbocycles. The molecule has 4 nitrogen and oxygen atoms in total. The number of hydrogen-bond acceptors (Lipinski definition) is 3. The van der Waals surface area contributed by atoms with Crippen molar-refractivity contribution in [2.75, 3.05) is 6.54 Å². The molecule has 0 spiro atoms. The second kappa shape index (κ2) is 6.86. The fourth-order valence-electron chi connectivity index (χ4n) is 2.69. The van der Waals surface area contributed by atoms with Gasteiger partial charge in [-0.05, 0) is 32.2 Å². The first-order valence-corrected chi connectivity index (χ1v) is 6.50. The van der Waals surface area contributed by atoms with Gasteiger partial charge in [0, 0.05) is 6.04 Å². The summed E-state index contributed by atoms with van der Waals surface area (Å²) in [6.07, 6.45) is 6.75. The molecule has 4 heteroatoms. The third kappa shape index (κ3) is 3.19. The van der Waals surface area contributed by atoms with Crippen molar-refractivity contribution in [3.63, 3.8) is 0 Å². The van der Waals surface area contributed by atoms with E-state index < -0.39 is 0 Å². The first-order chi connectivity index (χ1) is 7.74. The number of amides is 1. The van der Waals surface area contributed by atoms with Crippen LogP contribution in [0.3, 0.4) is 0 Å². The van der Waals surface area contributed by atoms with Crippen molar-refractivity contribution in [2.45, 2.75) is 64.5 Å². The summed E-state index contributed by atoms with van der Waals surface area (Å²) >= 11 is 0. The zero-order chi connectivity index (χ0) is 12.0. The van der Waals surface area contributed by atoms with Crippen LogP contribution in [0.5, 0.6) is 0 Å². The summed E-state index contributed by atoms with van der Waals surface area (Å²) < 4.78 is 0. The van der Waals surface area contributed by atoms with Crippen LogP contribution in [0.15, 0.2) is 0 Å². The minimum Gasteiger partial charge on any atom is -0.293 e. The SMILES string of the molecule is CCCC(C(=O)NN)N1CCCCC1CC. The van der Waals surface area contributed by atoms with Gasteiger partial charge in [0.1, 0.15) is 0 Å². The number of nitrogens with zero attached hydrogens (tertiary/aromatic N) is 1. The number of hydrogen-bond donors (Lipinski definition) is 2. The van der Waals surface area contributed by atoms with Crippen LogP contribution in [0.25, 0.3) is 0 Å². The Morgan fingerprint density at radius 2 is 2.25 bits per heavy atom. The van der Waals surface area contributed by atoms with Crippen LogP contribution in [0.4, 0.5) is 0 Å². The topological polar surface area (TPSA) is 58.4 Å². The van der Waals surface area contributed by atoms with Gasteiger partial charge in [0.25, 0.3) is 5.91 Å². The third-order valence-electron chi connectivity index (χ3n) is 3.55. The largest absolute Gasteiger partial charge is 0.293 e. The highest BCUT2D eigenvalue weighted by atomic mass is 16.2. The molecule has 1 saturated heterocycles. The van der Waals surface area contributed by atoms with Gasteiger partial charge in [0.15, 0.2) is 0 Å². The van der Waals surface area contributed by atoms with Crippen molar-refractivity contribution in [1.82, 2.24) is 10.3 Å². The van der Waals surface area contributed by atoms with E-state index in [-0.39, 0.29) is 11.9 Å². The van der Waals surface area contributed by atoms with Crippen LogP contribution in [0.1, 0.15) is 52.4 Å². The summed E-state index contributed by atoms with van der Waals surface area (Å²) in [5.41, 5.74) is 2.31. The third-order valence-corrected chi connectivity index (χ3v) is 3.55. The van der Waals surface area contributed by atoms with E-state index in [1.54, 1.807) is 0 Å². The summed E-state index contributed by atoms with van der Waals surface area (Å²) in [6.45, 7) is 5.35. The number of nitrogens with two attached hydrogens (primary N) is 1. The number of rotatable bonds is 5. The summed E-state index contributed by atoms with van der Waals surface area (Å²) in [5.74, 6) is 5.24. The molecule has 0 aromatic carbocycles. The van der Waals surface area contributed by atoms with Gasteiger partial charge in [0.05, 0.1) is 6.04 Å². The monoisotopic (exact) mass is 227 g/mol. The van der Waals surface area contributed by atoms with Crippen molar-refractivity contribution < 1.29 is 4.79 Å². The molecule has 2 atom stereocenters. The van der Waals surface area contributed by atoms with Crippen LogP contribution < -0.4 is 11.3 Å². The lowest BCUT2D eigenvalue weighted by atomic mass is 9.96. The zero-order valence-electron chi connectivity index (χ0n) is 10.5. The molecule has 0 bridgehead atoms.